The van der Waals surface area contributed by atoms with Crippen molar-refractivity contribution in [1.82, 2.24) is 5.32 Å². The second-order valence-corrected chi connectivity index (χ2v) is 7.87. The minimum Gasteiger partial charge on any atom is -0.346 e. The van der Waals surface area contributed by atoms with E-state index < -0.39 is 0 Å². The molecular weight excluding hydrogens is 380 g/mol. The fraction of sp³-hybridized carbons (Fsp3) is 0.0833. The molecular formula is C24H20N2O2S. The lowest BCUT2D eigenvalue weighted by Crippen LogP contribution is -2.26. The van der Waals surface area contributed by atoms with Gasteiger partial charge in [0.15, 0.2) is 0 Å². The molecule has 0 spiro atoms. The maximum absolute atomic E-state index is 12.5. The van der Waals surface area contributed by atoms with Crippen molar-refractivity contribution in [2.45, 2.75) is 17.9 Å². The molecule has 3 aromatic rings. The molecule has 0 saturated carbocycles. The Balaban J connectivity index is 1.46. The van der Waals surface area contributed by atoms with E-state index in [1.807, 2.05) is 79.7 Å². The Labute approximate surface area is 174 Å². The summed E-state index contributed by atoms with van der Waals surface area (Å²) in [6.07, 6.45) is 1.84. The zero-order valence-corrected chi connectivity index (χ0v) is 16.7. The quantitative estimate of drug-likeness (QED) is 0.587. The molecule has 1 aliphatic rings. The Hall–Kier alpha value is -3.31. The number of para-hydroxylation sites is 1. The van der Waals surface area contributed by atoms with Gasteiger partial charge in [0.2, 0.25) is 0 Å². The smallest absolute Gasteiger partial charge is 0.262 e. The van der Waals surface area contributed by atoms with Gasteiger partial charge in [-0.3, -0.25) is 9.59 Å². The van der Waals surface area contributed by atoms with Gasteiger partial charge >= 0.3 is 0 Å². The van der Waals surface area contributed by atoms with Crippen molar-refractivity contribution in [3.8, 4) is 0 Å². The lowest BCUT2D eigenvalue weighted by molar-refractivity contribution is -0.112. The first kappa shape index (κ1) is 19.0. The maximum atomic E-state index is 12.5. The molecule has 0 aliphatic carbocycles. The van der Waals surface area contributed by atoms with E-state index in [4.69, 9.17) is 0 Å². The molecule has 0 bridgehead atoms. The SMILES string of the molecule is C[C@H](NC(=O)c1ccc(/C=C2/Sc3ccccc3NC2=O)cc1)c1ccccc1. The summed E-state index contributed by atoms with van der Waals surface area (Å²) in [5.41, 5.74) is 3.35. The van der Waals surface area contributed by atoms with Gasteiger partial charge in [0.25, 0.3) is 11.8 Å². The monoisotopic (exact) mass is 400 g/mol. The van der Waals surface area contributed by atoms with E-state index in [1.54, 1.807) is 12.1 Å². The van der Waals surface area contributed by atoms with Crippen LogP contribution in [0.3, 0.4) is 0 Å². The zero-order chi connectivity index (χ0) is 20.2. The minimum atomic E-state index is -0.126. The summed E-state index contributed by atoms with van der Waals surface area (Å²) in [7, 11) is 0. The van der Waals surface area contributed by atoms with E-state index >= 15 is 0 Å². The summed E-state index contributed by atoms with van der Waals surface area (Å²) in [6, 6.07) is 24.7. The van der Waals surface area contributed by atoms with Gasteiger partial charge in [-0.15, -0.1) is 0 Å². The highest BCUT2D eigenvalue weighted by atomic mass is 32.2. The average Bonchev–Trinajstić information content (AvgIpc) is 2.75. The van der Waals surface area contributed by atoms with Gasteiger partial charge < -0.3 is 10.6 Å². The van der Waals surface area contributed by atoms with Gasteiger partial charge in [0, 0.05) is 10.5 Å². The molecule has 1 heterocycles. The summed E-state index contributed by atoms with van der Waals surface area (Å²) in [5, 5.41) is 5.91. The molecule has 4 rings (SSSR count). The number of hydrogen-bond acceptors (Lipinski definition) is 3. The highest BCUT2D eigenvalue weighted by molar-refractivity contribution is 8.04. The molecule has 5 heteroatoms. The van der Waals surface area contributed by atoms with Crippen LogP contribution in [0.4, 0.5) is 5.69 Å². The molecule has 0 fully saturated rings. The van der Waals surface area contributed by atoms with Crippen molar-refractivity contribution in [3.63, 3.8) is 0 Å². The van der Waals surface area contributed by atoms with Crippen LogP contribution in [0.15, 0.2) is 88.7 Å². The highest BCUT2D eigenvalue weighted by Gasteiger charge is 2.20. The van der Waals surface area contributed by atoms with Gasteiger partial charge in [0.05, 0.1) is 16.6 Å². The molecule has 144 valence electrons. The van der Waals surface area contributed by atoms with Gasteiger partial charge in [-0.05, 0) is 48.4 Å². The highest BCUT2D eigenvalue weighted by Crippen LogP contribution is 2.38. The topological polar surface area (TPSA) is 58.2 Å². The third kappa shape index (κ3) is 4.41. The lowest BCUT2D eigenvalue weighted by atomic mass is 10.1. The van der Waals surface area contributed by atoms with Gasteiger partial charge in [0.1, 0.15) is 0 Å². The second-order valence-electron chi connectivity index (χ2n) is 6.79. The van der Waals surface area contributed by atoms with Crippen molar-refractivity contribution >= 4 is 35.3 Å². The van der Waals surface area contributed by atoms with Crippen LogP contribution >= 0.6 is 11.8 Å². The number of thioether (sulfide) groups is 1. The molecule has 29 heavy (non-hydrogen) atoms. The van der Waals surface area contributed by atoms with Crippen LogP contribution < -0.4 is 10.6 Å². The van der Waals surface area contributed by atoms with Crippen molar-refractivity contribution in [2.24, 2.45) is 0 Å². The number of fused-ring (bicyclic) bond motifs is 1. The first-order valence-corrected chi connectivity index (χ1v) is 10.2. The Morgan fingerprint density at radius 1 is 0.966 bits per heavy atom. The van der Waals surface area contributed by atoms with Crippen molar-refractivity contribution in [3.05, 3.63) is 100 Å². The number of anilines is 1. The number of rotatable bonds is 4. The van der Waals surface area contributed by atoms with Crippen molar-refractivity contribution in [2.75, 3.05) is 5.32 Å². The van der Waals surface area contributed by atoms with Crippen LogP contribution in [0.1, 0.15) is 34.5 Å². The van der Waals surface area contributed by atoms with E-state index in [9.17, 15) is 9.59 Å². The predicted molar refractivity (Wildman–Crippen MR) is 118 cm³/mol. The number of carbonyl (C=O) groups excluding carboxylic acids is 2. The van der Waals surface area contributed by atoms with Crippen molar-refractivity contribution < 1.29 is 9.59 Å². The largest absolute Gasteiger partial charge is 0.346 e. The van der Waals surface area contributed by atoms with Crippen LogP contribution in [-0.2, 0) is 4.79 Å². The molecule has 3 aromatic carbocycles. The molecule has 0 aromatic heterocycles. The molecule has 1 aliphatic heterocycles. The third-order valence-electron chi connectivity index (χ3n) is 4.70. The molecule has 0 saturated heterocycles. The Bertz CT molecular complexity index is 1080. The number of amides is 2. The van der Waals surface area contributed by atoms with E-state index in [-0.39, 0.29) is 17.9 Å². The minimum absolute atomic E-state index is 0.0760. The first-order chi connectivity index (χ1) is 14.1. The molecule has 2 amide bonds. The predicted octanol–water partition coefficient (Wildman–Crippen LogP) is 5.26. The normalized spacial score (nSPS) is 15.3. The molecule has 1 atom stereocenters. The van der Waals surface area contributed by atoms with Gasteiger partial charge in [-0.25, -0.2) is 0 Å². The van der Waals surface area contributed by atoms with E-state index in [0.29, 0.717) is 10.5 Å². The number of hydrogen-bond donors (Lipinski definition) is 2. The summed E-state index contributed by atoms with van der Waals surface area (Å²) < 4.78 is 0. The Kier molecular flexibility index (Phi) is 5.49. The summed E-state index contributed by atoms with van der Waals surface area (Å²) >= 11 is 1.45. The van der Waals surface area contributed by atoms with E-state index in [2.05, 4.69) is 10.6 Å². The number of benzene rings is 3. The van der Waals surface area contributed by atoms with Crippen molar-refractivity contribution in [1.29, 1.82) is 0 Å². The average molecular weight is 401 g/mol. The Morgan fingerprint density at radius 3 is 2.41 bits per heavy atom. The Morgan fingerprint density at radius 2 is 1.66 bits per heavy atom. The zero-order valence-electron chi connectivity index (χ0n) is 15.9. The molecule has 2 N–H and O–H groups in total. The van der Waals surface area contributed by atoms with Gasteiger partial charge in [-0.2, -0.15) is 0 Å². The fourth-order valence-electron chi connectivity index (χ4n) is 3.09. The number of carbonyl (C=O) groups is 2. The standard InChI is InChI=1S/C24H20N2O2S/c1-16(18-7-3-2-4-8-18)25-23(27)19-13-11-17(12-14-19)15-22-24(28)26-20-9-5-6-10-21(20)29-22/h2-16H,1H3,(H,25,27)(H,26,28)/b22-15+/t16-/m0/s1. The van der Waals surface area contributed by atoms with Crippen LogP contribution in [0.25, 0.3) is 6.08 Å². The van der Waals surface area contributed by atoms with Gasteiger partial charge in [-0.1, -0.05) is 66.4 Å². The lowest BCUT2D eigenvalue weighted by Gasteiger charge is -2.18. The molecule has 4 nitrogen and oxygen atoms in total. The summed E-state index contributed by atoms with van der Waals surface area (Å²) in [6.45, 7) is 1.96. The summed E-state index contributed by atoms with van der Waals surface area (Å²) in [5.74, 6) is -0.244. The first-order valence-electron chi connectivity index (χ1n) is 9.36. The van der Waals surface area contributed by atoms with E-state index in [0.717, 1.165) is 21.7 Å². The van der Waals surface area contributed by atoms with Crippen LogP contribution in [0.2, 0.25) is 0 Å². The summed E-state index contributed by atoms with van der Waals surface area (Å²) in [4.78, 5) is 26.5. The molecule has 0 radical (unpaired) electrons. The fourth-order valence-corrected chi connectivity index (χ4v) is 4.04. The molecule has 0 unspecified atom stereocenters. The van der Waals surface area contributed by atoms with Crippen LogP contribution in [0, 0.1) is 0 Å². The third-order valence-corrected chi connectivity index (χ3v) is 5.80. The van der Waals surface area contributed by atoms with E-state index in [1.165, 1.54) is 11.8 Å². The van der Waals surface area contributed by atoms with Crippen LogP contribution in [-0.4, -0.2) is 11.8 Å². The van der Waals surface area contributed by atoms with Crippen LogP contribution in [0.5, 0.6) is 0 Å². The maximum Gasteiger partial charge on any atom is 0.262 e. The number of nitrogens with one attached hydrogen (secondary N) is 2. The second kappa shape index (κ2) is 8.37.